The van der Waals surface area contributed by atoms with Crippen molar-refractivity contribution in [3.05, 3.63) is 71.8 Å². The second-order valence-electron chi connectivity index (χ2n) is 4.99. The minimum Gasteiger partial charge on any atom is -0.467 e. The number of hydrogen-bond acceptors (Lipinski definition) is 5. The predicted molar refractivity (Wildman–Crippen MR) is 86.6 cm³/mol. The molecular formula is C17H18N4O. The topological polar surface area (TPSA) is 63.0 Å². The molecule has 0 radical (unpaired) electrons. The van der Waals surface area contributed by atoms with Crippen LogP contribution in [0, 0.1) is 6.92 Å². The van der Waals surface area contributed by atoms with E-state index >= 15 is 0 Å². The van der Waals surface area contributed by atoms with E-state index < -0.39 is 0 Å². The van der Waals surface area contributed by atoms with Crippen molar-refractivity contribution in [1.29, 1.82) is 0 Å². The van der Waals surface area contributed by atoms with E-state index in [0.717, 1.165) is 23.8 Å². The number of hydrogen-bond donors (Lipinski definition) is 2. The molecule has 0 aliphatic rings. The normalized spacial score (nSPS) is 10.4. The smallest absolute Gasteiger partial charge is 0.225 e. The Balaban J connectivity index is 1.64. The molecule has 3 aromatic rings. The van der Waals surface area contributed by atoms with Gasteiger partial charge in [0.15, 0.2) is 0 Å². The van der Waals surface area contributed by atoms with Crippen LogP contribution in [0.2, 0.25) is 0 Å². The zero-order valence-corrected chi connectivity index (χ0v) is 12.4. The predicted octanol–water partition coefficient (Wildman–Crippen LogP) is 3.60. The molecule has 22 heavy (non-hydrogen) atoms. The Kier molecular flexibility index (Phi) is 4.34. The standard InChI is InChI=1S/C17H18N4O/c1-13-10-16(18-11-14-6-3-2-4-7-14)21-17(20-13)19-12-15-8-5-9-22-15/h2-10H,11-12H2,1H3,(H2,18,19,20,21). The first-order valence-electron chi connectivity index (χ1n) is 7.19. The average molecular weight is 294 g/mol. The number of aryl methyl sites for hydroxylation is 1. The average Bonchev–Trinajstić information content (AvgIpc) is 3.05. The molecule has 5 nitrogen and oxygen atoms in total. The highest BCUT2D eigenvalue weighted by Gasteiger charge is 2.03. The zero-order chi connectivity index (χ0) is 15.2. The van der Waals surface area contributed by atoms with E-state index in [1.807, 2.05) is 43.3 Å². The fraction of sp³-hybridized carbons (Fsp3) is 0.176. The summed E-state index contributed by atoms with van der Waals surface area (Å²) in [7, 11) is 0. The van der Waals surface area contributed by atoms with Crippen molar-refractivity contribution in [2.75, 3.05) is 10.6 Å². The second kappa shape index (κ2) is 6.76. The molecule has 2 aromatic heterocycles. The van der Waals surface area contributed by atoms with Gasteiger partial charge in [0.25, 0.3) is 0 Å². The lowest BCUT2D eigenvalue weighted by atomic mass is 10.2. The minimum absolute atomic E-state index is 0.564. The monoisotopic (exact) mass is 294 g/mol. The number of nitrogens with one attached hydrogen (secondary N) is 2. The number of rotatable bonds is 6. The van der Waals surface area contributed by atoms with E-state index in [9.17, 15) is 0 Å². The molecular weight excluding hydrogens is 276 g/mol. The molecule has 0 spiro atoms. The number of nitrogens with zero attached hydrogens (tertiary/aromatic N) is 2. The van der Waals surface area contributed by atoms with Gasteiger partial charge in [-0.3, -0.25) is 0 Å². The molecule has 0 saturated carbocycles. The molecule has 0 bridgehead atoms. The molecule has 2 heterocycles. The molecule has 3 rings (SSSR count). The fourth-order valence-corrected chi connectivity index (χ4v) is 2.11. The molecule has 0 aliphatic carbocycles. The molecule has 1 aromatic carbocycles. The summed E-state index contributed by atoms with van der Waals surface area (Å²) in [6.07, 6.45) is 1.65. The van der Waals surface area contributed by atoms with Gasteiger partial charge in [-0.05, 0) is 24.6 Å². The number of benzene rings is 1. The van der Waals surface area contributed by atoms with Gasteiger partial charge in [-0.2, -0.15) is 4.98 Å². The first kappa shape index (κ1) is 14.1. The van der Waals surface area contributed by atoms with Crippen molar-refractivity contribution in [3.8, 4) is 0 Å². The van der Waals surface area contributed by atoms with Gasteiger partial charge in [0.1, 0.15) is 11.6 Å². The van der Waals surface area contributed by atoms with Gasteiger partial charge in [0, 0.05) is 18.3 Å². The highest BCUT2D eigenvalue weighted by atomic mass is 16.3. The van der Waals surface area contributed by atoms with Crippen LogP contribution >= 0.6 is 0 Å². The lowest BCUT2D eigenvalue weighted by Gasteiger charge is -2.09. The Labute approximate surface area is 129 Å². The summed E-state index contributed by atoms with van der Waals surface area (Å²) in [6.45, 7) is 3.25. The zero-order valence-electron chi connectivity index (χ0n) is 12.4. The fourth-order valence-electron chi connectivity index (χ4n) is 2.11. The maximum Gasteiger partial charge on any atom is 0.225 e. The van der Waals surface area contributed by atoms with Gasteiger partial charge in [-0.15, -0.1) is 0 Å². The number of furan rings is 1. The van der Waals surface area contributed by atoms with E-state index in [0.29, 0.717) is 12.5 Å². The molecule has 0 saturated heterocycles. The van der Waals surface area contributed by atoms with E-state index in [4.69, 9.17) is 4.42 Å². The van der Waals surface area contributed by atoms with Crippen molar-refractivity contribution < 1.29 is 4.42 Å². The summed E-state index contributed by atoms with van der Waals surface area (Å²) < 4.78 is 5.29. The maximum atomic E-state index is 5.29. The lowest BCUT2D eigenvalue weighted by molar-refractivity contribution is 0.517. The summed E-state index contributed by atoms with van der Waals surface area (Å²) in [5.41, 5.74) is 2.12. The Morgan fingerprint density at radius 1 is 0.955 bits per heavy atom. The quantitative estimate of drug-likeness (QED) is 0.727. The van der Waals surface area contributed by atoms with Gasteiger partial charge < -0.3 is 15.1 Å². The lowest BCUT2D eigenvalue weighted by Crippen LogP contribution is -2.07. The van der Waals surface area contributed by atoms with Crippen LogP contribution in [-0.2, 0) is 13.1 Å². The third-order valence-electron chi connectivity index (χ3n) is 3.17. The van der Waals surface area contributed by atoms with Gasteiger partial charge in [-0.1, -0.05) is 30.3 Å². The van der Waals surface area contributed by atoms with E-state index in [1.54, 1.807) is 6.26 Å². The Hall–Kier alpha value is -2.82. The van der Waals surface area contributed by atoms with Gasteiger partial charge in [0.05, 0.1) is 12.8 Å². The molecule has 0 fully saturated rings. The van der Waals surface area contributed by atoms with E-state index in [1.165, 1.54) is 5.56 Å². The van der Waals surface area contributed by atoms with Crippen molar-refractivity contribution in [2.45, 2.75) is 20.0 Å². The van der Waals surface area contributed by atoms with Gasteiger partial charge >= 0.3 is 0 Å². The summed E-state index contributed by atoms with van der Waals surface area (Å²) in [5, 5.41) is 6.49. The Bertz CT molecular complexity index is 711. The summed E-state index contributed by atoms with van der Waals surface area (Å²) in [5.74, 6) is 2.24. The van der Waals surface area contributed by atoms with Crippen LogP contribution < -0.4 is 10.6 Å². The van der Waals surface area contributed by atoms with Crippen LogP contribution in [0.25, 0.3) is 0 Å². The van der Waals surface area contributed by atoms with Crippen molar-refractivity contribution in [1.82, 2.24) is 9.97 Å². The SMILES string of the molecule is Cc1cc(NCc2ccccc2)nc(NCc2ccco2)n1. The summed E-state index contributed by atoms with van der Waals surface area (Å²) >= 11 is 0. The summed E-state index contributed by atoms with van der Waals surface area (Å²) in [6, 6.07) is 15.9. The first-order chi connectivity index (χ1) is 10.8. The molecule has 112 valence electrons. The largest absolute Gasteiger partial charge is 0.467 e. The maximum absolute atomic E-state index is 5.29. The highest BCUT2D eigenvalue weighted by molar-refractivity contribution is 5.42. The molecule has 0 unspecified atom stereocenters. The van der Waals surface area contributed by atoms with Gasteiger partial charge in [0.2, 0.25) is 5.95 Å². The van der Waals surface area contributed by atoms with Crippen LogP contribution in [0.4, 0.5) is 11.8 Å². The molecule has 5 heteroatoms. The Morgan fingerprint density at radius 3 is 2.59 bits per heavy atom. The number of aromatic nitrogens is 2. The third-order valence-corrected chi connectivity index (χ3v) is 3.17. The van der Waals surface area contributed by atoms with E-state index in [2.05, 4.69) is 32.7 Å². The first-order valence-corrected chi connectivity index (χ1v) is 7.19. The van der Waals surface area contributed by atoms with Crippen LogP contribution in [-0.4, -0.2) is 9.97 Å². The molecule has 0 amide bonds. The number of anilines is 2. The van der Waals surface area contributed by atoms with Crippen LogP contribution in [0.15, 0.2) is 59.2 Å². The van der Waals surface area contributed by atoms with E-state index in [-0.39, 0.29) is 0 Å². The minimum atomic E-state index is 0.564. The van der Waals surface area contributed by atoms with Crippen molar-refractivity contribution in [2.24, 2.45) is 0 Å². The van der Waals surface area contributed by atoms with Crippen LogP contribution in [0.1, 0.15) is 17.0 Å². The van der Waals surface area contributed by atoms with Crippen molar-refractivity contribution in [3.63, 3.8) is 0 Å². The molecule has 0 aliphatic heterocycles. The second-order valence-corrected chi connectivity index (χ2v) is 4.99. The van der Waals surface area contributed by atoms with Crippen LogP contribution in [0.3, 0.4) is 0 Å². The van der Waals surface area contributed by atoms with Crippen LogP contribution in [0.5, 0.6) is 0 Å². The molecule has 0 atom stereocenters. The Morgan fingerprint density at radius 2 is 1.82 bits per heavy atom. The third kappa shape index (κ3) is 3.85. The van der Waals surface area contributed by atoms with Gasteiger partial charge in [-0.25, -0.2) is 4.98 Å². The molecule has 2 N–H and O–H groups in total. The highest BCUT2D eigenvalue weighted by Crippen LogP contribution is 2.12. The summed E-state index contributed by atoms with van der Waals surface area (Å²) in [4.78, 5) is 8.86. The van der Waals surface area contributed by atoms with Crippen molar-refractivity contribution >= 4 is 11.8 Å².